The number of fused-ring (bicyclic) bond motifs is 1. The molecule has 2 atom stereocenters. The van der Waals surface area contributed by atoms with Crippen molar-refractivity contribution in [3.63, 3.8) is 0 Å². The standard InChI is InChI=1S/C19H22N2O2.ClH/c20-17-13-21(12-16(17)14-5-2-1-3-6-14)11-15-7-4-8-18-19(15)23-10-9-22-18;/h1-8,16-17H,9-13,20H2;1H/t16-,17+;/m0./s1. The van der Waals surface area contributed by atoms with Gasteiger partial charge < -0.3 is 15.2 Å². The third-order valence-electron chi connectivity index (χ3n) is 4.71. The Balaban J connectivity index is 0.00000169. The molecule has 0 amide bonds. The molecule has 0 unspecified atom stereocenters. The quantitative estimate of drug-likeness (QED) is 0.928. The molecule has 4 rings (SSSR count). The van der Waals surface area contributed by atoms with Crippen LogP contribution in [0.25, 0.3) is 0 Å². The first-order chi connectivity index (χ1) is 11.3. The van der Waals surface area contributed by atoms with Gasteiger partial charge >= 0.3 is 0 Å². The molecule has 2 heterocycles. The molecule has 0 spiro atoms. The Morgan fingerprint density at radius 3 is 2.58 bits per heavy atom. The van der Waals surface area contributed by atoms with Gasteiger partial charge in [-0.25, -0.2) is 0 Å². The molecule has 5 heteroatoms. The second-order valence-electron chi connectivity index (χ2n) is 6.32. The third kappa shape index (κ3) is 3.36. The highest BCUT2D eigenvalue weighted by Gasteiger charge is 2.31. The predicted molar refractivity (Wildman–Crippen MR) is 97.1 cm³/mol. The van der Waals surface area contributed by atoms with E-state index in [0.717, 1.165) is 31.1 Å². The van der Waals surface area contributed by atoms with E-state index in [2.05, 4.69) is 41.3 Å². The first-order valence-electron chi connectivity index (χ1n) is 8.21. The number of hydrogen-bond acceptors (Lipinski definition) is 4. The van der Waals surface area contributed by atoms with Crippen molar-refractivity contribution in [2.45, 2.75) is 18.5 Å². The first kappa shape index (κ1) is 17.1. The van der Waals surface area contributed by atoms with Crippen molar-refractivity contribution in [2.75, 3.05) is 26.3 Å². The maximum Gasteiger partial charge on any atom is 0.165 e. The maximum atomic E-state index is 6.40. The summed E-state index contributed by atoms with van der Waals surface area (Å²) in [6, 6.07) is 16.9. The minimum absolute atomic E-state index is 0. The first-order valence-corrected chi connectivity index (χ1v) is 8.21. The molecule has 24 heavy (non-hydrogen) atoms. The number of nitrogens with two attached hydrogens (primary N) is 1. The van der Waals surface area contributed by atoms with Gasteiger partial charge in [0.25, 0.3) is 0 Å². The summed E-state index contributed by atoms with van der Waals surface area (Å²) < 4.78 is 11.5. The van der Waals surface area contributed by atoms with Crippen LogP contribution in [-0.4, -0.2) is 37.2 Å². The minimum atomic E-state index is 0. The summed E-state index contributed by atoms with van der Waals surface area (Å²) in [6.07, 6.45) is 0. The summed E-state index contributed by atoms with van der Waals surface area (Å²) in [6.45, 7) is 3.99. The topological polar surface area (TPSA) is 47.7 Å². The molecule has 0 aromatic heterocycles. The van der Waals surface area contributed by atoms with Gasteiger partial charge in [-0.15, -0.1) is 12.4 Å². The van der Waals surface area contributed by atoms with Crippen LogP contribution in [0.1, 0.15) is 17.0 Å². The van der Waals surface area contributed by atoms with Crippen LogP contribution in [-0.2, 0) is 6.54 Å². The van der Waals surface area contributed by atoms with Gasteiger partial charge in [-0.1, -0.05) is 42.5 Å². The average molecular weight is 347 g/mol. The highest BCUT2D eigenvalue weighted by atomic mass is 35.5. The van der Waals surface area contributed by atoms with Crippen molar-refractivity contribution in [2.24, 2.45) is 5.73 Å². The lowest BCUT2D eigenvalue weighted by Gasteiger charge is -2.23. The Bertz CT molecular complexity index is 680. The van der Waals surface area contributed by atoms with Crippen LogP contribution in [0.5, 0.6) is 11.5 Å². The van der Waals surface area contributed by atoms with Gasteiger partial charge in [0.1, 0.15) is 13.2 Å². The lowest BCUT2D eigenvalue weighted by atomic mass is 9.95. The van der Waals surface area contributed by atoms with E-state index in [1.54, 1.807) is 0 Å². The summed E-state index contributed by atoms with van der Waals surface area (Å²) in [5.41, 5.74) is 8.91. The van der Waals surface area contributed by atoms with Gasteiger partial charge in [0, 0.05) is 37.2 Å². The van der Waals surface area contributed by atoms with Crippen LogP contribution < -0.4 is 15.2 Å². The van der Waals surface area contributed by atoms with E-state index in [9.17, 15) is 0 Å². The largest absolute Gasteiger partial charge is 0.486 e. The molecule has 1 fully saturated rings. The van der Waals surface area contributed by atoms with E-state index in [1.807, 2.05) is 12.1 Å². The zero-order valence-electron chi connectivity index (χ0n) is 13.6. The molecule has 0 aliphatic carbocycles. The van der Waals surface area contributed by atoms with Gasteiger partial charge in [0.2, 0.25) is 0 Å². The van der Waals surface area contributed by atoms with Crippen LogP contribution in [0, 0.1) is 0 Å². The number of rotatable bonds is 3. The molecule has 2 N–H and O–H groups in total. The molecule has 0 saturated carbocycles. The number of benzene rings is 2. The number of nitrogens with zero attached hydrogens (tertiary/aromatic N) is 1. The summed E-state index contributed by atoms with van der Waals surface area (Å²) in [5, 5.41) is 0. The molecule has 0 bridgehead atoms. The molecule has 2 aliphatic rings. The van der Waals surface area contributed by atoms with E-state index in [-0.39, 0.29) is 18.4 Å². The number of hydrogen-bond donors (Lipinski definition) is 1. The smallest absolute Gasteiger partial charge is 0.165 e. The molecular weight excluding hydrogens is 324 g/mol. The molecule has 2 aromatic carbocycles. The van der Waals surface area contributed by atoms with E-state index in [1.165, 1.54) is 11.1 Å². The second kappa shape index (κ2) is 7.43. The number of likely N-dealkylation sites (tertiary alicyclic amines) is 1. The summed E-state index contributed by atoms with van der Waals surface area (Å²) >= 11 is 0. The highest BCUT2D eigenvalue weighted by Crippen LogP contribution is 2.35. The van der Waals surface area contributed by atoms with Crippen LogP contribution in [0.15, 0.2) is 48.5 Å². The predicted octanol–water partition coefficient (Wildman–Crippen LogP) is 2.81. The van der Waals surface area contributed by atoms with Crippen molar-refractivity contribution in [3.8, 4) is 11.5 Å². The van der Waals surface area contributed by atoms with Gasteiger partial charge in [-0.2, -0.15) is 0 Å². The monoisotopic (exact) mass is 346 g/mol. The SMILES string of the molecule is Cl.N[C@@H]1CN(Cc2cccc3c2OCCO3)C[C@H]1c1ccccc1. The zero-order chi connectivity index (χ0) is 15.6. The van der Waals surface area contributed by atoms with Crippen LogP contribution in [0.2, 0.25) is 0 Å². The summed E-state index contributed by atoms with van der Waals surface area (Å²) in [7, 11) is 0. The van der Waals surface area contributed by atoms with Crippen molar-refractivity contribution in [1.29, 1.82) is 0 Å². The van der Waals surface area contributed by atoms with Gasteiger partial charge in [0.15, 0.2) is 11.5 Å². The molecule has 4 nitrogen and oxygen atoms in total. The van der Waals surface area contributed by atoms with Gasteiger partial charge in [-0.3, -0.25) is 4.90 Å². The molecule has 0 radical (unpaired) electrons. The highest BCUT2D eigenvalue weighted by molar-refractivity contribution is 5.85. The van der Waals surface area contributed by atoms with Crippen LogP contribution in [0.3, 0.4) is 0 Å². The van der Waals surface area contributed by atoms with E-state index >= 15 is 0 Å². The van der Waals surface area contributed by atoms with Crippen LogP contribution in [0.4, 0.5) is 0 Å². The molecule has 2 aliphatic heterocycles. The van der Waals surface area contributed by atoms with Crippen molar-refractivity contribution in [1.82, 2.24) is 4.90 Å². The average Bonchev–Trinajstić information content (AvgIpc) is 2.96. The van der Waals surface area contributed by atoms with Crippen molar-refractivity contribution < 1.29 is 9.47 Å². The van der Waals surface area contributed by atoms with Gasteiger partial charge in [-0.05, 0) is 11.6 Å². The van der Waals surface area contributed by atoms with Crippen LogP contribution >= 0.6 is 12.4 Å². The van der Waals surface area contributed by atoms with Gasteiger partial charge in [0.05, 0.1) is 0 Å². The number of ether oxygens (including phenoxy) is 2. The second-order valence-corrected chi connectivity index (χ2v) is 6.32. The van der Waals surface area contributed by atoms with E-state index in [4.69, 9.17) is 15.2 Å². The van der Waals surface area contributed by atoms with E-state index in [0.29, 0.717) is 19.1 Å². The minimum Gasteiger partial charge on any atom is -0.486 e. The third-order valence-corrected chi connectivity index (χ3v) is 4.71. The number of halogens is 1. The van der Waals surface area contributed by atoms with E-state index < -0.39 is 0 Å². The summed E-state index contributed by atoms with van der Waals surface area (Å²) in [4.78, 5) is 2.41. The number of para-hydroxylation sites is 1. The Morgan fingerprint density at radius 1 is 0.958 bits per heavy atom. The molecule has 1 saturated heterocycles. The van der Waals surface area contributed by atoms with Crippen molar-refractivity contribution >= 4 is 12.4 Å². The maximum absolute atomic E-state index is 6.40. The van der Waals surface area contributed by atoms with Crippen molar-refractivity contribution in [3.05, 3.63) is 59.7 Å². The lowest BCUT2D eigenvalue weighted by Crippen LogP contribution is -2.28. The Morgan fingerprint density at radius 2 is 1.75 bits per heavy atom. The molecule has 128 valence electrons. The normalized spacial score (nSPS) is 22.9. The Hall–Kier alpha value is -1.75. The Kier molecular flexibility index (Phi) is 5.29. The zero-order valence-corrected chi connectivity index (χ0v) is 14.4. The fraction of sp³-hybridized carbons (Fsp3) is 0.368. The molecule has 2 aromatic rings. The lowest BCUT2D eigenvalue weighted by molar-refractivity contribution is 0.167. The fourth-order valence-electron chi connectivity index (χ4n) is 3.59. The Labute approximate surface area is 149 Å². The summed E-state index contributed by atoms with van der Waals surface area (Å²) in [5.74, 6) is 2.15. The molecular formula is C19H23ClN2O2. The fourth-order valence-corrected chi connectivity index (χ4v) is 3.59.